The van der Waals surface area contributed by atoms with Gasteiger partial charge in [0.15, 0.2) is 0 Å². The molecule has 1 aromatic rings. The van der Waals surface area contributed by atoms with Crippen LogP contribution in [0.15, 0.2) is 24.3 Å². The molecule has 110 valence electrons. The van der Waals surface area contributed by atoms with E-state index < -0.39 is 0 Å². The van der Waals surface area contributed by atoms with Gasteiger partial charge in [0.1, 0.15) is 19.0 Å². The van der Waals surface area contributed by atoms with Gasteiger partial charge in [0.05, 0.1) is 33.0 Å². The molecule has 0 aromatic heterocycles. The molecule has 0 unspecified atom stereocenters. The molecular formula is C16H22O4. The molecule has 20 heavy (non-hydrogen) atoms. The van der Waals surface area contributed by atoms with Crippen LogP contribution in [-0.2, 0) is 14.2 Å². The Morgan fingerprint density at radius 2 is 1.40 bits per heavy atom. The Hall–Kier alpha value is -1.54. The van der Waals surface area contributed by atoms with Gasteiger partial charge in [-0.1, -0.05) is 23.6 Å². The molecule has 0 saturated heterocycles. The predicted molar refractivity (Wildman–Crippen MR) is 78.0 cm³/mol. The van der Waals surface area contributed by atoms with E-state index >= 15 is 0 Å². The van der Waals surface area contributed by atoms with Gasteiger partial charge in [0.25, 0.3) is 0 Å². The summed E-state index contributed by atoms with van der Waals surface area (Å²) in [4.78, 5) is 0. The summed E-state index contributed by atoms with van der Waals surface area (Å²) in [5, 5.41) is 0. The minimum Gasteiger partial charge on any atom is -0.491 e. The van der Waals surface area contributed by atoms with Crippen molar-refractivity contribution in [3.8, 4) is 18.1 Å². The summed E-state index contributed by atoms with van der Waals surface area (Å²) in [6, 6.07) is 7.95. The van der Waals surface area contributed by atoms with Crippen LogP contribution in [0.5, 0.6) is 5.75 Å². The first-order chi connectivity index (χ1) is 9.83. The highest BCUT2D eigenvalue weighted by Crippen LogP contribution is 2.10. The van der Waals surface area contributed by atoms with Gasteiger partial charge < -0.3 is 18.9 Å². The Balaban J connectivity index is 1.85. The van der Waals surface area contributed by atoms with E-state index in [2.05, 4.69) is 5.92 Å². The first-order valence-electron chi connectivity index (χ1n) is 6.69. The second-order valence-corrected chi connectivity index (χ2v) is 4.14. The molecule has 0 bridgehead atoms. The van der Waals surface area contributed by atoms with E-state index in [-0.39, 0.29) is 0 Å². The normalized spacial score (nSPS) is 10.2. The van der Waals surface area contributed by atoms with Gasteiger partial charge in [0, 0.05) is 0 Å². The SMILES string of the molecule is C#CCOCCOCCOCCOc1ccc(C)cc1. The number of aryl methyl sites for hydroxylation is 1. The minimum atomic E-state index is 0.330. The molecule has 0 heterocycles. The maximum Gasteiger partial charge on any atom is 0.119 e. The van der Waals surface area contributed by atoms with E-state index in [0.717, 1.165) is 5.75 Å². The molecule has 4 nitrogen and oxygen atoms in total. The third kappa shape index (κ3) is 8.54. The lowest BCUT2D eigenvalue weighted by molar-refractivity contribution is 0.0142. The quantitative estimate of drug-likeness (QED) is 0.458. The number of benzene rings is 1. The number of hydrogen-bond acceptors (Lipinski definition) is 4. The highest BCUT2D eigenvalue weighted by Gasteiger charge is 1.94. The Bertz CT molecular complexity index is 380. The monoisotopic (exact) mass is 278 g/mol. The number of hydrogen-bond donors (Lipinski definition) is 0. The van der Waals surface area contributed by atoms with Crippen molar-refractivity contribution in [3.05, 3.63) is 29.8 Å². The standard InChI is InChI=1S/C16H22O4/c1-3-8-17-9-10-18-11-12-19-13-14-20-16-6-4-15(2)5-7-16/h1,4-7H,8-14H2,2H3. The summed E-state index contributed by atoms with van der Waals surface area (Å²) in [5.41, 5.74) is 1.22. The third-order valence-corrected chi connectivity index (χ3v) is 2.45. The summed E-state index contributed by atoms with van der Waals surface area (Å²) in [5.74, 6) is 3.26. The van der Waals surface area contributed by atoms with Gasteiger partial charge in [-0.05, 0) is 19.1 Å². The summed E-state index contributed by atoms with van der Waals surface area (Å²) in [7, 11) is 0. The molecule has 1 rings (SSSR count). The summed E-state index contributed by atoms with van der Waals surface area (Å²) >= 11 is 0. The molecule has 4 heteroatoms. The van der Waals surface area contributed by atoms with Gasteiger partial charge in [-0.3, -0.25) is 0 Å². The summed E-state index contributed by atoms with van der Waals surface area (Å²) < 4.78 is 21.3. The second kappa shape index (κ2) is 11.3. The van der Waals surface area contributed by atoms with Gasteiger partial charge in [-0.2, -0.15) is 0 Å². The zero-order valence-corrected chi connectivity index (χ0v) is 12.0. The predicted octanol–water partition coefficient (Wildman–Crippen LogP) is 2.06. The Kier molecular flexibility index (Phi) is 9.33. The minimum absolute atomic E-state index is 0.330. The van der Waals surface area contributed by atoms with E-state index in [1.165, 1.54) is 5.56 Å². The van der Waals surface area contributed by atoms with Crippen molar-refractivity contribution in [1.29, 1.82) is 0 Å². The van der Waals surface area contributed by atoms with Crippen molar-refractivity contribution in [2.75, 3.05) is 46.2 Å². The molecular weight excluding hydrogens is 256 g/mol. The van der Waals surface area contributed by atoms with Crippen LogP contribution in [0.4, 0.5) is 0 Å². The molecule has 0 spiro atoms. The number of ether oxygens (including phenoxy) is 4. The van der Waals surface area contributed by atoms with E-state index in [1.54, 1.807) is 0 Å². The second-order valence-electron chi connectivity index (χ2n) is 4.14. The van der Waals surface area contributed by atoms with Crippen molar-refractivity contribution in [2.45, 2.75) is 6.92 Å². The van der Waals surface area contributed by atoms with Crippen LogP contribution in [0, 0.1) is 19.3 Å². The molecule has 1 aromatic carbocycles. The first-order valence-corrected chi connectivity index (χ1v) is 6.69. The van der Waals surface area contributed by atoms with E-state index in [1.807, 2.05) is 31.2 Å². The first kappa shape index (κ1) is 16.5. The van der Waals surface area contributed by atoms with E-state index in [4.69, 9.17) is 25.4 Å². The molecule has 0 fully saturated rings. The molecule has 0 atom stereocenters. The Morgan fingerprint density at radius 1 is 0.850 bits per heavy atom. The smallest absolute Gasteiger partial charge is 0.119 e. The zero-order chi connectivity index (χ0) is 14.5. The van der Waals surface area contributed by atoms with Crippen molar-refractivity contribution < 1.29 is 18.9 Å². The van der Waals surface area contributed by atoms with Crippen LogP contribution in [0.2, 0.25) is 0 Å². The molecule has 0 N–H and O–H groups in total. The average molecular weight is 278 g/mol. The molecule has 0 radical (unpaired) electrons. The van der Waals surface area contributed by atoms with Crippen LogP contribution in [0.3, 0.4) is 0 Å². The van der Waals surface area contributed by atoms with Crippen LogP contribution < -0.4 is 4.74 Å². The van der Waals surface area contributed by atoms with Crippen molar-refractivity contribution in [1.82, 2.24) is 0 Å². The van der Waals surface area contributed by atoms with Crippen LogP contribution in [-0.4, -0.2) is 46.2 Å². The van der Waals surface area contributed by atoms with Crippen LogP contribution in [0.25, 0.3) is 0 Å². The highest BCUT2D eigenvalue weighted by atomic mass is 16.6. The van der Waals surface area contributed by atoms with E-state index in [0.29, 0.717) is 46.2 Å². The van der Waals surface area contributed by atoms with Crippen molar-refractivity contribution >= 4 is 0 Å². The Labute approximate surface area is 121 Å². The summed E-state index contributed by atoms with van der Waals surface area (Å²) in [6.45, 7) is 5.60. The molecule has 0 aliphatic heterocycles. The fraction of sp³-hybridized carbons (Fsp3) is 0.500. The fourth-order valence-corrected chi connectivity index (χ4v) is 1.42. The fourth-order valence-electron chi connectivity index (χ4n) is 1.42. The lowest BCUT2D eigenvalue weighted by Crippen LogP contribution is -2.12. The van der Waals surface area contributed by atoms with Gasteiger partial charge in [-0.15, -0.1) is 6.42 Å². The molecule has 0 aliphatic carbocycles. The molecule has 0 amide bonds. The Morgan fingerprint density at radius 3 is 2.00 bits per heavy atom. The average Bonchev–Trinajstić information content (AvgIpc) is 2.47. The lowest BCUT2D eigenvalue weighted by Gasteiger charge is -2.08. The number of rotatable bonds is 11. The summed E-state index contributed by atoms with van der Waals surface area (Å²) in [6.07, 6.45) is 5.04. The topological polar surface area (TPSA) is 36.9 Å². The third-order valence-electron chi connectivity index (χ3n) is 2.45. The van der Waals surface area contributed by atoms with Gasteiger partial charge in [-0.25, -0.2) is 0 Å². The van der Waals surface area contributed by atoms with Gasteiger partial charge in [0.2, 0.25) is 0 Å². The van der Waals surface area contributed by atoms with Crippen molar-refractivity contribution in [2.24, 2.45) is 0 Å². The maximum atomic E-state index is 5.53. The number of terminal acetylenes is 1. The van der Waals surface area contributed by atoms with Crippen LogP contribution in [0.1, 0.15) is 5.56 Å². The lowest BCUT2D eigenvalue weighted by atomic mass is 10.2. The maximum absolute atomic E-state index is 5.53. The zero-order valence-electron chi connectivity index (χ0n) is 12.0. The largest absolute Gasteiger partial charge is 0.491 e. The highest BCUT2D eigenvalue weighted by molar-refractivity contribution is 5.26. The molecule has 0 aliphatic rings. The van der Waals surface area contributed by atoms with Crippen LogP contribution >= 0.6 is 0 Å². The van der Waals surface area contributed by atoms with E-state index in [9.17, 15) is 0 Å². The molecule has 0 saturated carbocycles. The van der Waals surface area contributed by atoms with Crippen molar-refractivity contribution in [3.63, 3.8) is 0 Å². The van der Waals surface area contributed by atoms with Gasteiger partial charge >= 0.3 is 0 Å².